The molecule has 7 nitrogen and oxygen atoms in total. The summed E-state index contributed by atoms with van der Waals surface area (Å²) >= 11 is 1.34. The lowest BCUT2D eigenvalue weighted by Gasteiger charge is -2.05. The number of aliphatic hydroxyl groups excluding tert-OH is 1. The summed E-state index contributed by atoms with van der Waals surface area (Å²) in [5.74, 6) is -0.698. The summed E-state index contributed by atoms with van der Waals surface area (Å²) in [4.78, 5) is 36.2. The van der Waals surface area contributed by atoms with E-state index in [4.69, 9.17) is 10.1 Å². The molecule has 0 radical (unpaired) electrons. The Balaban J connectivity index is 1.63. The first-order valence-electron chi connectivity index (χ1n) is 9.84. The minimum absolute atomic E-state index is 0.131. The summed E-state index contributed by atoms with van der Waals surface area (Å²) in [6.45, 7) is 0.0491. The van der Waals surface area contributed by atoms with Gasteiger partial charge in [-0.1, -0.05) is 17.8 Å². The molecule has 0 fully saturated rings. The van der Waals surface area contributed by atoms with Crippen molar-refractivity contribution >= 4 is 50.2 Å². The maximum absolute atomic E-state index is 14.0. The fourth-order valence-corrected chi connectivity index (χ4v) is 4.60. The van der Waals surface area contributed by atoms with E-state index in [0.29, 0.717) is 43.3 Å². The quantitative estimate of drug-likeness (QED) is 0.307. The first kappa shape index (κ1) is 20.2. The zero-order valence-electron chi connectivity index (χ0n) is 16.6. The highest BCUT2D eigenvalue weighted by Crippen LogP contribution is 2.35. The average molecular weight is 448 g/mol. The van der Waals surface area contributed by atoms with Crippen molar-refractivity contribution in [2.24, 2.45) is 0 Å². The van der Waals surface area contributed by atoms with Crippen molar-refractivity contribution in [1.29, 1.82) is 0 Å². The number of pyridine rings is 1. The van der Waals surface area contributed by atoms with Gasteiger partial charge in [-0.15, -0.1) is 0 Å². The number of H-pyrrole nitrogens is 2. The number of fused-ring (bicyclic) bond motifs is 6. The van der Waals surface area contributed by atoms with E-state index in [9.17, 15) is 14.0 Å². The van der Waals surface area contributed by atoms with Gasteiger partial charge in [0.1, 0.15) is 5.82 Å². The zero-order chi connectivity index (χ0) is 22.2. The molecule has 0 spiro atoms. The van der Waals surface area contributed by atoms with Crippen LogP contribution < -0.4 is 10.9 Å². The average Bonchev–Trinajstić information content (AvgIpc) is 3.21. The predicted molar refractivity (Wildman–Crippen MR) is 122 cm³/mol. The van der Waals surface area contributed by atoms with Gasteiger partial charge in [0.25, 0.3) is 11.5 Å². The van der Waals surface area contributed by atoms with Crippen LogP contribution in [-0.2, 0) is 0 Å². The topological polar surface area (TPSA) is 111 Å². The number of aliphatic hydroxyl groups is 1. The number of aromatic nitrogens is 3. The lowest BCUT2D eigenvalue weighted by molar-refractivity contribution is 0.0944. The van der Waals surface area contributed by atoms with Crippen LogP contribution in [0, 0.1) is 5.82 Å². The Morgan fingerprint density at radius 1 is 1.12 bits per heavy atom. The van der Waals surface area contributed by atoms with Crippen molar-refractivity contribution in [3.8, 4) is 0 Å². The number of hydrogen-bond donors (Lipinski definition) is 4. The molecule has 4 N–H and O–H groups in total. The molecule has 0 saturated heterocycles. The van der Waals surface area contributed by atoms with Gasteiger partial charge in [-0.2, -0.15) is 0 Å². The largest absolute Gasteiger partial charge is 0.395 e. The van der Waals surface area contributed by atoms with E-state index in [1.165, 1.54) is 23.9 Å². The highest BCUT2D eigenvalue weighted by Gasteiger charge is 2.16. The van der Waals surface area contributed by atoms with Crippen molar-refractivity contribution in [1.82, 2.24) is 20.3 Å². The summed E-state index contributed by atoms with van der Waals surface area (Å²) in [6, 6.07) is 13.2. The fraction of sp³-hybridized carbons (Fsp3) is 0.0870. The number of imidazole rings is 1. The highest BCUT2D eigenvalue weighted by atomic mass is 32.2. The molecule has 9 heteroatoms. The summed E-state index contributed by atoms with van der Waals surface area (Å²) in [6.07, 6.45) is 1.55. The molecule has 0 aliphatic heterocycles. The first-order chi connectivity index (χ1) is 15.5. The molecule has 32 heavy (non-hydrogen) atoms. The third-order valence-electron chi connectivity index (χ3n) is 5.13. The second-order valence-electron chi connectivity index (χ2n) is 7.16. The molecule has 5 rings (SSSR count). The van der Waals surface area contributed by atoms with Crippen molar-refractivity contribution in [3.05, 3.63) is 76.5 Å². The Morgan fingerprint density at radius 3 is 2.84 bits per heavy atom. The van der Waals surface area contributed by atoms with Crippen LogP contribution in [0.4, 0.5) is 4.39 Å². The molecule has 0 bridgehead atoms. The number of hydrogen-bond acceptors (Lipinski definition) is 5. The van der Waals surface area contributed by atoms with Gasteiger partial charge >= 0.3 is 0 Å². The number of carbonyl (C=O) groups is 1. The molecule has 0 aliphatic carbocycles. The van der Waals surface area contributed by atoms with E-state index >= 15 is 0 Å². The van der Waals surface area contributed by atoms with Crippen LogP contribution in [0.3, 0.4) is 0 Å². The number of nitrogens with one attached hydrogen (secondary N) is 3. The monoisotopic (exact) mass is 448 g/mol. The molecule has 0 unspecified atom stereocenters. The van der Waals surface area contributed by atoms with E-state index in [0.717, 1.165) is 4.90 Å². The van der Waals surface area contributed by atoms with Crippen LogP contribution in [0.5, 0.6) is 0 Å². The van der Waals surface area contributed by atoms with E-state index in [1.807, 2.05) is 6.07 Å². The molecule has 0 atom stereocenters. The minimum atomic E-state index is -0.424. The molecule has 0 saturated carbocycles. The van der Waals surface area contributed by atoms with E-state index in [-0.39, 0.29) is 24.6 Å². The summed E-state index contributed by atoms with van der Waals surface area (Å²) in [5.41, 5.74) is 1.48. The van der Waals surface area contributed by atoms with Crippen molar-refractivity contribution < 1.29 is 14.3 Å². The molecule has 5 aromatic rings. The number of carbonyl (C=O) groups excluding carboxylic acids is 1. The Hall–Kier alpha value is -3.69. The van der Waals surface area contributed by atoms with E-state index in [2.05, 4.69) is 15.3 Å². The Kier molecular flexibility index (Phi) is 5.12. The summed E-state index contributed by atoms with van der Waals surface area (Å²) in [5, 5.41) is 14.3. The Morgan fingerprint density at radius 2 is 2.00 bits per heavy atom. The van der Waals surface area contributed by atoms with Crippen molar-refractivity contribution in [2.75, 3.05) is 13.2 Å². The number of rotatable bonds is 5. The van der Waals surface area contributed by atoms with Crippen LogP contribution in [0.15, 0.2) is 69.6 Å². The lowest BCUT2D eigenvalue weighted by atomic mass is 10.0. The molecular formula is C23H17FN4O3S. The normalized spacial score (nSPS) is 11.4. The molecule has 3 aromatic carbocycles. The molecule has 2 heterocycles. The number of benzene rings is 3. The van der Waals surface area contributed by atoms with Crippen LogP contribution >= 0.6 is 11.8 Å². The fourth-order valence-electron chi connectivity index (χ4n) is 3.76. The molecule has 1 amide bonds. The van der Waals surface area contributed by atoms with Crippen LogP contribution in [0.25, 0.3) is 32.6 Å². The van der Waals surface area contributed by atoms with Gasteiger partial charge < -0.3 is 20.4 Å². The molecule has 2 aromatic heterocycles. The number of halogens is 1. The SMILES string of the molecule is O=C(NCCO)c1cccc(Sc2nc3c4cc[nH]c(=O)c4c4cc(F)ccc4c3[nH]2)c1. The van der Waals surface area contributed by atoms with Gasteiger partial charge in [0.15, 0.2) is 5.16 Å². The predicted octanol–water partition coefficient (Wildman–Crippen LogP) is 3.57. The maximum Gasteiger partial charge on any atom is 0.256 e. The van der Waals surface area contributed by atoms with Crippen LogP contribution in [0.2, 0.25) is 0 Å². The lowest BCUT2D eigenvalue weighted by Crippen LogP contribution is -2.26. The Bertz CT molecular complexity index is 1560. The third kappa shape index (κ3) is 3.51. The second kappa shape index (κ2) is 8.10. The summed E-state index contributed by atoms with van der Waals surface area (Å²) in [7, 11) is 0. The van der Waals surface area contributed by atoms with Gasteiger partial charge in [0.2, 0.25) is 0 Å². The standard InChI is InChI=1S/C23H17FN4O3S/c24-13-4-5-15-17(11-13)18-16(6-7-25-22(18)31)20-19(15)27-23(28-20)32-14-3-1-2-12(10-14)21(30)26-8-9-29/h1-7,10-11,29H,8-9H2,(H,25,31)(H,26,30)(H,27,28). The van der Waals surface area contributed by atoms with E-state index in [1.54, 1.807) is 36.5 Å². The third-order valence-corrected chi connectivity index (χ3v) is 6.00. The van der Waals surface area contributed by atoms with Gasteiger partial charge in [-0.05, 0) is 42.5 Å². The van der Waals surface area contributed by atoms with Gasteiger partial charge in [-0.25, -0.2) is 9.37 Å². The van der Waals surface area contributed by atoms with Crippen LogP contribution in [-0.4, -0.2) is 39.1 Å². The second-order valence-corrected chi connectivity index (χ2v) is 8.22. The summed E-state index contributed by atoms with van der Waals surface area (Å²) < 4.78 is 14.0. The smallest absolute Gasteiger partial charge is 0.256 e. The molecular weight excluding hydrogens is 431 g/mol. The van der Waals surface area contributed by atoms with Gasteiger partial charge in [0.05, 0.1) is 23.0 Å². The number of nitrogens with zero attached hydrogens (tertiary/aromatic N) is 1. The van der Waals surface area contributed by atoms with Crippen molar-refractivity contribution in [3.63, 3.8) is 0 Å². The number of aromatic amines is 2. The molecule has 0 aliphatic rings. The first-order valence-corrected chi connectivity index (χ1v) is 10.7. The van der Waals surface area contributed by atoms with Gasteiger partial charge in [0, 0.05) is 39.4 Å². The highest BCUT2D eigenvalue weighted by molar-refractivity contribution is 7.99. The van der Waals surface area contributed by atoms with Crippen molar-refractivity contribution in [2.45, 2.75) is 10.1 Å². The van der Waals surface area contributed by atoms with Gasteiger partial charge in [-0.3, -0.25) is 9.59 Å². The minimum Gasteiger partial charge on any atom is -0.395 e. The van der Waals surface area contributed by atoms with E-state index < -0.39 is 5.82 Å². The maximum atomic E-state index is 14.0. The zero-order valence-corrected chi connectivity index (χ0v) is 17.4. The number of amides is 1. The Labute approximate surface area is 184 Å². The molecule has 160 valence electrons. The van der Waals surface area contributed by atoms with Crippen LogP contribution in [0.1, 0.15) is 10.4 Å².